The second-order valence-electron chi connectivity index (χ2n) is 6.86. The molecule has 0 aliphatic carbocycles. The van der Waals surface area contributed by atoms with Crippen molar-refractivity contribution in [2.75, 3.05) is 0 Å². The molecular weight excluding hydrogens is 378 g/mol. The van der Waals surface area contributed by atoms with E-state index in [0.717, 1.165) is 16.6 Å². The molecule has 1 aromatic heterocycles. The Morgan fingerprint density at radius 2 is 1.75 bits per heavy atom. The summed E-state index contributed by atoms with van der Waals surface area (Å²) >= 11 is 0. The van der Waals surface area contributed by atoms with Gasteiger partial charge in [0.2, 0.25) is 15.9 Å². The van der Waals surface area contributed by atoms with E-state index in [0.29, 0.717) is 12.1 Å². The lowest BCUT2D eigenvalue weighted by Gasteiger charge is -2.10. The molecule has 1 heterocycles. The molecule has 0 fully saturated rings. The fourth-order valence-electron chi connectivity index (χ4n) is 2.80. The Morgan fingerprint density at radius 3 is 2.46 bits per heavy atom. The number of aromatic nitrogens is 3. The van der Waals surface area contributed by atoms with E-state index in [9.17, 15) is 13.2 Å². The predicted molar refractivity (Wildman–Crippen MR) is 107 cm³/mol. The van der Waals surface area contributed by atoms with Crippen LogP contribution in [0.2, 0.25) is 0 Å². The summed E-state index contributed by atoms with van der Waals surface area (Å²) in [7, 11) is -3.35. The molecule has 0 atom stereocenters. The summed E-state index contributed by atoms with van der Waals surface area (Å²) in [6.45, 7) is 4.00. The van der Waals surface area contributed by atoms with Gasteiger partial charge in [-0.25, -0.2) is 17.8 Å². The highest BCUT2D eigenvalue weighted by molar-refractivity contribution is 7.88. The van der Waals surface area contributed by atoms with Gasteiger partial charge in [-0.05, 0) is 37.1 Å². The molecule has 2 N–H and O–H groups in total. The van der Waals surface area contributed by atoms with Crippen LogP contribution in [-0.2, 0) is 33.7 Å². The number of amides is 1. The summed E-state index contributed by atoms with van der Waals surface area (Å²) in [4.78, 5) is 12.2. The van der Waals surface area contributed by atoms with Crippen molar-refractivity contribution in [3.8, 4) is 0 Å². The summed E-state index contributed by atoms with van der Waals surface area (Å²) in [6.07, 6.45) is 0. The number of nitrogens with one attached hydrogen (secondary N) is 2. The van der Waals surface area contributed by atoms with Crippen LogP contribution in [0.4, 0.5) is 0 Å². The van der Waals surface area contributed by atoms with Gasteiger partial charge in [0.25, 0.3) is 0 Å². The monoisotopic (exact) mass is 401 g/mol. The zero-order valence-electron chi connectivity index (χ0n) is 15.8. The minimum Gasteiger partial charge on any atom is -0.350 e. The van der Waals surface area contributed by atoms with Gasteiger partial charge in [-0.2, -0.15) is 0 Å². The SMILES string of the molecule is CC(C)NS(=O)(=O)Cc1ccc(CNC(=O)Cn2nnc3ccccc32)cc1. The van der Waals surface area contributed by atoms with Crippen molar-refractivity contribution >= 4 is 27.0 Å². The molecule has 2 aromatic carbocycles. The van der Waals surface area contributed by atoms with Crippen LogP contribution in [0.25, 0.3) is 11.0 Å². The zero-order chi connectivity index (χ0) is 20.1. The van der Waals surface area contributed by atoms with Crippen molar-refractivity contribution in [1.29, 1.82) is 0 Å². The van der Waals surface area contributed by atoms with E-state index in [1.807, 2.05) is 36.4 Å². The normalized spacial score (nSPS) is 11.8. The summed E-state index contributed by atoms with van der Waals surface area (Å²) in [6, 6.07) is 14.4. The van der Waals surface area contributed by atoms with Crippen molar-refractivity contribution < 1.29 is 13.2 Å². The molecule has 1 amide bonds. The van der Waals surface area contributed by atoms with E-state index in [-0.39, 0.29) is 24.2 Å². The third-order valence-corrected chi connectivity index (χ3v) is 5.54. The Bertz CT molecular complexity index is 1060. The molecule has 0 radical (unpaired) electrons. The van der Waals surface area contributed by atoms with Gasteiger partial charge < -0.3 is 5.32 Å². The van der Waals surface area contributed by atoms with Crippen LogP contribution in [0, 0.1) is 0 Å². The van der Waals surface area contributed by atoms with Gasteiger partial charge in [-0.15, -0.1) is 5.10 Å². The molecule has 0 saturated carbocycles. The lowest BCUT2D eigenvalue weighted by Crippen LogP contribution is -2.31. The van der Waals surface area contributed by atoms with Crippen molar-refractivity contribution in [3.05, 3.63) is 59.7 Å². The minimum atomic E-state index is -3.35. The van der Waals surface area contributed by atoms with E-state index in [2.05, 4.69) is 20.4 Å². The molecule has 0 saturated heterocycles. The van der Waals surface area contributed by atoms with E-state index in [4.69, 9.17) is 0 Å². The lowest BCUT2D eigenvalue weighted by atomic mass is 10.1. The summed E-state index contributed by atoms with van der Waals surface area (Å²) in [5.74, 6) is -0.250. The largest absolute Gasteiger partial charge is 0.350 e. The summed E-state index contributed by atoms with van der Waals surface area (Å²) in [5.41, 5.74) is 3.12. The number of para-hydroxylation sites is 1. The van der Waals surface area contributed by atoms with E-state index < -0.39 is 10.0 Å². The topological polar surface area (TPSA) is 106 Å². The van der Waals surface area contributed by atoms with Crippen molar-refractivity contribution in [1.82, 2.24) is 25.0 Å². The maximum atomic E-state index is 12.2. The van der Waals surface area contributed by atoms with E-state index in [1.54, 1.807) is 30.7 Å². The number of rotatable bonds is 8. The zero-order valence-corrected chi connectivity index (χ0v) is 16.6. The Hall–Kier alpha value is -2.78. The number of carbonyl (C=O) groups excluding carboxylic acids is 1. The molecule has 3 rings (SSSR count). The maximum Gasteiger partial charge on any atom is 0.242 e. The maximum absolute atomic E-state index is 12.2. The second-order valence-corrected chi connectivity index (χ2v) is 8.61. The van der Waals surface area contributed by atoms with Gasteiger partial charge in [0.05, 0.1) is 11.3 Å². The first kappa shape index (κ1) is 20.0. The highest BCUT2D eigenvalue weighted by Gasteiger charge is 2.13. The highest BCUT2D eigenvalue weighted by atomic mass is 32.2. The van der Waals surface area contributed by atoms with Gasteiger partial charge in [-0.3, -0.25) is 4.79 Å². The second kappa shape index (κ2) is 8.49. The predicted octanol–water partition coefficient (Wildman–Crippen LogP) is 1.58. The fourth-order valence-corrected chi connectivity index (χ4v) is 4.23. The Labute approximate surface area is 164 Å². The summed E-state index contributed by atoms with van der Waals surface area (Å²) in [5, 5.41) is 10.9. The molecule has 148 valence electrons. The average Bonchev–Trinajstić information content (AvgIpc) is 3.03. The molecule has 3 aromatic rings. The number of sulfonamides is 1. The standard InChI is InChI=1S/C19H23N5O3S/c1-14(2)22-28(26,27)13-16-9-7-15(8-10-16)11-20-19(25)12-24-18-6-4-3-5-17(18)21-23-24/h3-10,14,22H,11-13H2,1-2H3,(H,20,25). The van der Waals surface area contributed by atoms with Gasteiger partial charge in [0.15, 0.2) is 0 Å². The molecule has 0 unspecified atom stereocenters. The molecule has 0 aliphatic rings. The third kappa shape index (κ3) is 5.37. The van der Waals surface area contributed by atoms with Crippen LogP contribution in [0.3, 0.4) is 0 Å². The number of hydrogen-bond acceptors (Lipinski definition) is 5. The molecule has 0 aliphatic heterocycles. The number of carbonyl (C=O) groups is 1. The Kier molecular flexibility index (Phi) is 6.05. The van der Waals surface area contributed by atoms with E-state index in [1.165, 1.54) is 0 Å². The number of hydrogen-bond donors (Lipinski definition) is 2. The quantitative estimate of drug-likeness (QED) is 0.596. The van der Waals surface area contributed by atoms with Crippen LogP contribution in [-0.4, -0.2) is 35.4 Å². The van der Waals surface area contributed by atoms with Crippen molar-refractivity contribution in [2.24, 2.45) is 0 Å². The first-order valence-electron chi connectivity index (χ1n) is 8.95. The van der Waals surface area contributed by atoms with Crippen LogP contribution in [0.15, 0.2) is 48.5 Å². The first-order valence-corrected chi connectivity index (χ1v) is 10.6. The van der Waals surface area contributed by atoms with Gasteiger partial charge in [0.1, 0.15) is 12.1 Å². The van der Waals surface area contributed by atoms with Crippen LogP contribution < -0.4 is 10.0 Å². The number of fused-ring (bicyclic) bond motifs is 1. The fraction of sp³-hybridized carbons (Fsp3) is 0.316. The van der Waals surface area contributed by atoms with Gasteiger partial charge >= 0.3 is 0 Å². The summed E-state index contributed by atoms with van der Waals surface area (Å²) < 4.78 is 28.1. The minimum absolute atomic E-state index is 0.0722. The van der Waals surface area contributed by atoms with E-state index >= 15 is 0 Å². The first-order chi connectivity index (χ1) is 13.3. The van der Waals surface area contributed by atoms with Crippen LogP contribution >= 0.6 is 0 Å². The molecular formula is C19H23N5O3S. The third-order valence-electron chi connectivity index (χ3n) is 4.00. The average molecular weight is 401 g/mol. The molecule has 0 spiro atoms. The Balaban J connectivity index is 1.54. The smallest absolute Gasteiger partial charge is 0.242 e. The molecule has 0 bridgehead atoms. The number of nitrogens with zero attached hydrogens (tertiary/aromatic N) is 3. The van der Waals surface area contributed by atoms with Gasteiger partial charge in [0, 0.05) is 12.6 Å². The Morgan fingerprint density at radius 1 is 1.07 bits per heavy atom. The van der Waals surface area contributed by atoms with Crippen LogP contribution in [0.1, 0.15) is 25.0 Å². The van der Waals surface area contributed by atoms with Gasteiger partial charge in [-0.1, -0.05) is 41.6 Å². The van der Waals surface area contributed by atoms with Crippen LogP contribution in [0.5, 0.6) is 0 Å². The highest BCUT2D eigenvalue weighted by Crippen LogP contribution is 2.10. The molecule has 28 heavy (non-hydrogen) atoms. The van der Waals surface area contributed by atoms with Crippen molar-refractivity contribution in [3.63, 3.8) is 0 Å². The molecule has 8 nitrogen and oxygen atoms in total. The van der Waals surface area contributed by atoms with Crippen molar-refractivity contribution in [2.45, 2.75) is 38.7 Å². The number of benzene rings is 2. The molecule has 9 heteroatoms. The lowest BCUT2D eigenvalue weighted by molar-refractivity contribution is -0.121.